The van der Waals surface area contributed by atoms with E-state index in [-0.39, 0.29) is 5.41 Å². The summed E-state index contributed by atoms with van der Waals surface area (Å²) >= 11 is 0. The summed E-state index contributed by atoms with van der Waals surface area (Å²) in [6.07, 6.45) is 3.80. The summed E-state index contributed by atoms with van der Waals surface area (Å²) < 4.78 is 5.77. The van der Waals surface area contributed by atoms with Crippen LogP contribution in [0.15, 0.2) is 0 Å². The van der Waals surface area contributed by atoms with Crippen molar-refractivity contribution in [1.82, 2.24) is 4.90 Å². The van der Waals surface area contributed by atoms with Crippen LogP contribution in [0, 0.1) is 11.3 Å². The highest BCUT2D eigenvalue weighted by atomic mass is 16.5. The largest absolute Gasteiger partial charge is 0.378 e. The van der Waals surface area contributed by atoms with E-state index in [2.05, 4.69) is 27.7 Å². The first-order valence-electron chi connectivity index (χ1n) is 7.94. The van der Waals surface area contributed by atoms with Gasteiger partial charge in [0, 0.05) is 26.1 Å². The predicted octanol–water partition coefficient (Wildman–Crippen LogP) is 2.42. The Hall–Kier alpha value is -0.610. The second kappa shape index (κ2) is 7.99. The lowest BCUT2D eigenvalue weighted by atomic mass is 9.80. The molecule has 1 fully saturated rings. The SMILES string of the molecule is CC(CC(=O)N1CCC(OCCCN)CC1)C(C)(C)C. The Morgan fingerprint density at radius 3 is 2.45 bits per heavy atom. The van der Waals surface area contributed by atoms with E-state index in [1.165, 1.54) is 0 Å². The molecular formula is C16H32N2O2. The number of nitrogens with two attached hydrogens (primary N) is 1. The van der Waals surface area contributed by atoms with Gasteiger partial charge in [-0.15, -0.1) is 0 Å². The number of nitrogens with zero attached hydrogens (tertiary/aromatic N) is 1. The number of rotatable bonds is 6. The molecule has 118 valence electrons. The van der Waals surface area contributed by atoms with Crippen molar-refractivity contribution >= 4 is 5.91 Å². The average molecular weight is 284 g/mol. The molecular weight excluding hydrogens is 252 g/mol. The molecule has 1 aliphatic rings. The quantitative estimate of drug-likeness (QED) is 0.762. The lowest BCUT2D eigenvalue weighted by Crippen LogP contribution is -2.42. The van der Waals surface area contributed by atoms with Crippen LogP contribution in [-0.2, 0) is 9.53 Å². The fourth-order valence-corrected chi connectivity index (χ4v) is 2.30. The van der Waals surface area contributed by atoms with Gasteiger partial charge in [-0.25, -0.2) is 0 Å². The van der Waals surface area contributed by atoms with E-state index in [1.807, 2.05) is 4.90 Å². The van der Waals surface area contributed by atoms with Gasteiger partial charge in [-0.05, 0) is 37.1 Å². The van der Waals surface area contributed by atoms with E-state index < -0.39 is 0 Å². The van der Waals surface area contributed by atoms with Crippen LogP contribution in [0.25, 0.3) is 0 Å². The van der Waals surface area contributed by atoms with Crippen molar-refractivity contribution in [2.24, 2.45) is 17.1 Å². The third-order valence-electron chi connectivity index (χ3n) is 4.46. The molecule has 0 spiro atoms. The Bertz CT molecular complexity index is 291. The minimum Gasteiger partial charge on any atom is -0.378 e. The molecule has 0 saturated carbocycles. The lowest BCUT2D eigenvalue weighted by molar-refractivity contribution is -0.135. The molecule has 0 aromatic rings. The van der Waals surface area contributed by atoms with E-state index >= 15 is 0 Å². The van der Waals surface area contributed by atoms with Gasteiger partial charge in [0.25, 0.3) is 0 Å². The van der Waals surface area contributed by atoms with Crippen molar-refractivity contribution in [3.05, 3.63) is 0 Å². The van der Waals surface area contributed by atoms with Crippen molar-refractivity contribution < 1.29 is 9.53 Å². The number of hydrogen-bond donors (Lipinski definition) is 1. The standard InChI is InChI=1S/C16H32N2O2/c1-13(16(2,3)4)12-15(19)18-9-6-14(7-10-18)20-11-5-8-17/h13-14H,5-12,17H2,1-4H3. The number of carbonyl (C=O) groups excluding carboxylic acids is 1. The van der Waals surface area contributed by atoms with Crippen molar-refractivity contribution in [1.29, 1.82) is 0 Å². The summed E-state index contributed by atoms with van der Waals surface area (Å²) in [7, 11) is 0. The Morgan fingerprint density at radius 1 is 1.35 bits per heavy atom. The number of hydrogen-bond acceptors (Lipinski definition) is 3. The van der Waals surface area contributed by atoms with Gasteiger partial charge in [-0.2, -0.15) is 0 Å². The highest BCUT2D eigenvalue weighted by molar-refractivity contribution is 5.76. The molecule has 4 heteroatoms. The Balaban J connectivity index is 2.29. The summed E-state index contributed by atoms with van der Waals surface area (Å²) in [5, 5.41) is 0. The number of ether oxygens (including phenoxy) is 1. The number of piperidine rings is 1. The summed E-state index contributed by atoms with van der Waals surface area (Å²) in [6, 6.07) is 0. The Kier molecular flexibility index (Phi) is 6.96. The normalized spacial score (nSPS) is 19.1. The molecule has 20 heavy (non-hydrogen) atoms. The first kappa shape index (κ1) is 17.4. The molecule has 1 aliphatic heterocycles. The minimum atomic E-state index is 0.194. The van der Waals surface area contributed by atoms with Gasteiger partial charge < -0.3 is 15.4 Å². The molecule has 2 N–H and O–H groups in total. The maximum absolute atomic E-state index is 12.3. The van der Waals surface area contributed by atoms with Crippen LogP contribution in [-0.4, -0.2) is 43.2 Å². The van der Waals surface area contributed by atoms with E-state index in [1.54, 1.807) is 0 Å². The molecule has 1 rings (SSSR count). The summed E-state index contributed by atoms with van der Waals surface area (Å²) in [6.45, 7) is 11.9. The van der Waals surface area contributed by atoms with Gasteiger partial charge in [0.1, 0.15) is 0 Å². The van der Waals surface area contributed by atoms with E-state index in [9.17, 15) is 4.79 Å². The monoisotopic (exact) mass is 284 g/mol. The summed E-state index contributed by atoms with van der Waals surface area (Å²) in [4.78, 5) is 14.3. The van der Waals surface area contributed by atoms with Crippen molar-refractivity contribution in [3.8, 4) is 0 Å². The Morgan fingerprint density at radius 2 is 1.95 bits per heavy atom. The molecule has 1 heterocycles. The number of carbonyl (C=O) groups is 1. The third kappa shape index (κ3) is 5.80. The highest BCUT2D eigenvalue weighted by Gasteiger charge is 2.27. The van der Waals surface area contributed by atoms with Crippen LogP contribution in [0.2, 0.25) is 0 Å². The lowest BCUT2D eigenvalue weighted by Gasteiger charge is -2.34. The maximum atomic E-state index is 12.3. The third-order valence-corrected chi connectivity index (χ3v) is 4.46. The fraction of sp³-hybridized carbons (Fsp3) is 0.938. The molecule has 4 nitrogen and oxygen atoms in total. The molecule has 0 radical (unpaired) electrons. The fourth-order valence-electron chi connectivity index (χ4n) is 2.30. The highest BCUT2D eigenvalue weighted by Crippen LogP contribution is 2.29. The second-order valence-corrected chi connectivity index (χ2v) is 7.06. The van der Waals surface area contributed by atoms with Crippen molar-refractivity contribution in [3.63, 3.8) is 0 Å². The molecule has 0 bridgehead atoms. The topological polar surface area (TPSA) is 55.6 Å². The minimum absolute atomic E-state index is 0.194. The number of amides is 1. The van der Waals surface area contributed by atoms with Gasteiger partial charge in [0.05, 0.1) is 6.10 Å². The van der Waals surface area contributed by atoms with Crippen LogP contribution >= 0.6 is 0 Å². The molecule has 0 aliphatic carbocycles. The van der Waals surface area contributed by atoms with Gasteiger partial charge in [-0.3, -0.25) is 4.79 Å². The second-order valence-electron chi connectivity index (χ2n) is 7.06. The zero-order chi connectivity index (χ0) is 15.2. The van der Waals surface area contributed by atoms with Crippen molar-refractivity contribution in [2.45, 2.75) is 59.5 Å². The van der Waals surface area contributed by atoms with Gasteiger partial charge in [-0.1, -0.05) is 27.7 Å². The smallest absolute Gasteiger partial charge is 0.222 e. The van der Waals surface area contributed by atoms with Gasteiger partial charge in [0.15, 0.2) is 0 Å². The molecule has 0 aromatic heterocycles. The maximum Gasteiger partial charge on any atom is 0.222 e. The average Bonchev–Trinajstić information content (AvgIpc) is 2.38. The van der Waals surface area contributed by atoms with Crippen LogP contribution in [0.4, 0.5) is 0 Å². The van der Waals surface area contributed by atoms with E-state index in [0.29, 0.717) is 30.9 Å². The van der Waals surface area contributed by atoms with Gasteiger partial charge >= 0.3 is 0 Å². The summed E-state index contributed by atoms with van der Waals surface area (Å²) in [5.41, 5.74) is 5.65. The van der Waals surface area contributed by atoms with Crippen LogP contribution < -0.4 is 5.73 Å². The molecule has 1 unspecified atom stereocenters. The summed E-state index contributed by atoms with van der Waals surface area (Å²) in [5.74, 6) is 0.710. The molecule has 0 aromatic carbocycles. The molecule has 1 amide bonds. The Labute approximate surface area is 124 Å². The van der Waals surface area contributed by atoms with Crippen LogP contribution in [0.1, 0.15) is 53.4 Å². The molecule has 1 saturated heterocycles. The first-order chi connectivity index (χ1) is 9.34. The van der Waals surface area contributed by atoms with Gasteiger partial charge in [0.2, 0.25) is 5.91 Å². The zero-order valence-corrected chi connectivity index (χ0v) is 13.7. The van der Waals surface area contributed by atoms with Crippen LogP contribution in [0.5, 0.6) is 0 Å². The van der Waals surface area contributed by atoms with Crippen molar-refractivity contribution in [2.75, 3.05) is 26.2 Å². The number of likely N-dealkylation sites (tertiary alicyclic amines) is 1. The molecule has 1 atom stereocenters. The van der Waals surface area contributed by atoms with E-state index in [0.717, 1.165) is 39.0 Å². The first-order valence-corrected chi connectivity index (χ1v) is 7.94. The van der Waals surface area contributed by atoms with Crippen LogP contribution in [0.3, 0.4) is 0 Å². The van der Waals surface area contributed by atoms with E-state index in [4.69, 9.17) is 10.5 Å². The zero-order valence-electron chi connectivity index (χ0n) is 13.7. The predicted molar refractivity (Wildman–Crippen MR) is 82.5 cm³/mol.